The van der Waals surface area contributed by atoms with E-state index in [9.17, 15) is 8.42 Å². The van der Waals surface area contributed by atoms with Gasteiger partial charge in [0.1, 0.15) is 0 Å². The fraction of sp³-hybridized carbons (Fsp3) is 0.600. The van der Waals surface area contributed by atoms with Gasteiger partial charge in [0, 0.05) is 12.6 Å². The van der Waals surface area contributed by atoms with Gasteiger partial charge in [0.15, 0.2) is 0 Å². The number of hydrogen-bond acceptors (Lipinski definition) is 3. The van der Waals surface area contributed by atoms with Crippen LogP contribution in [-0.4, -0.2) is 38.4 Å². The second-order valence-corrected chi connectivity index (χ2v) is 8.03. The molecule has 4 nitrogen and oxygen atoms in total. The number of fused-ring (bicyclic) bond motifs is 1. The SMILES string of the molecule is Cc1ccc(C)c(S(=O)(=O)N2CC3CNCC3C2C)c1. The first-order chi connectivity index (χ1) is 9.41. The molecule has 0 saturated carbocycles. The Kier molecular flexibility index (Phi) is 3.39. The largest absolute Gasteiger partial charge is 0.316 e. The molecule has 2 heterocycles. The zero-order valence-corrected chi connectivity index (χ0v) is 13.1. The lowest BCUT2D eigenvalue weighted by Crippen LogP contribution is -2.38. The maximum Gasteiger partial charge on any atom is 0.243 e. The summed E-state index contributed by atoms with van der Waals surface area (Å²) < 4.78 is 27.6. The zero-order valence-electron chi connectivity index (χ0n) is 12.3. The van der Waals surface area contributed by atoms with E-state index in [0.29, 0.717) is 23.3 Å². The summed E-state index contributed by atoms with van der Waals surface area (Å²) in [6.45, 7) is 8.37. The van der Waals surface area contributed by atoms with Gasteiger partial charge in [-0.05, 0) is 62.9 Å². The van der Waals surface area contributed by atoms with Crippen LogP contribution in [0.15, 0.2) is 23.1 Å². The topological polar surface area (TPSA) is 49.4 Å². The highest BCUT2D eigenvalue weighted by Gasteiger charge is 2.47. The van der Waals surface area contributed by atoms with E-state index in [1.807, 2.05) is 32.9 Å². The van der Waals surface area contributed by atoms with E-state index in [4.69, 9.17) is 0 Å². The van der Waals surface area contributed by atoms with Crippen LogP contribution in [0, 0.1) is 25.7 Å². The van der Waals surface area contributed by atoms with E-state index >= 15 is 0 Å². The number of aryl methyl sites for hydroxylation is 2. The van der Waals surface area contributed by atoms with Crippen LogP contribution < -0.4 is 5.32 Å². The Morgan fingerprint density at radius 3 is 2.70 bits per heavy atom. The summed E-state index contributed by atoms with van der Waals surface area (Å²) in [4.78, 5) is 0.470. The van der Waals surface area contributed by atoms with Gasteiger partial charge in [-0.1, -0.05) is 12.1 Å². The molecule has 3 rings (SSSR count). The Labute approximate surface area is 121 Å². The Balaban J connectivity index is 1.98. The second-order valence-electron chi connectivity index (χ2n) is 6.17. The van der Waals surface area contributed by atoms with Crippen molar-refractivity contribution >= 4 is 10.0 Å². The number of nitrogens with one attached hydrogen (secondary N) is 1. The summed E-state index contributed by atoms with van der Waals surface area (Å²) in [5, 5.41) is 3.37. The molecule has 5 heteroatoms. The average molecular weight is 294 g/mol. The van der Waals surface area contributed by atoms with E-state index < -0.39 is 10.0 Å². The van der Waals surface area contributed by atoms with E-state index in [2.05, 4.69) is 5.32 Å². The minimum absolute atomic E-state index is 0.0833. The summed E-state index contributed by atoms with van der Waals surface area (Å²) in [6.07, 6.45) is 0. The zero-order chi connectivity index (χ0) is 14.5. The average Bonchev–Trinajstić information content (AvgIpc) is 2.96. The number of benzene rings is 1. The van der Waals surface area contributed by atoms with Crippen molar-refractivity contribution in [1.29, 1.82) is 0 Å². The van der Waals surface area contributed by atoms with Crippen LogP contribution in [0.25, 0.3) is 0 Å². The minimum Gasteiger partial charge on any atom is -0.316 e. The van der Waals surface area contributed by atoms with Crippen LogP contribution in [0.1, 0.15) is 18.1 Å². The van der Waals surface area contributed by atoms with Crippen LogP contribution in [-0.2, 0) is 10.0 Å². The predicted molar refractivity (Wildman–Crippen MR) is 79.1 cm³/mol. The van der Waals surface area contributed by atoms with Crippen LogP contribution in [0.2, 0.25) is 0 Å². The maximum atomic E-state index is 13.0. The molecular formula is C15H22N2O2S. The third-order valence-corrected chi connectivity index (χ3v) is 6.91. The predicted octanol–water partition coefficient (Wildman–Crippen LogP) is 1.53. The van der Waals surface area contributed by atoms with Gasteiger partial charge in [0.2, 0.25) is 10.0 Å². The van der Waals surface area contributed by atoms with Crippen LogP contribution in [0.4, 0.5) is 0 Å². The Bertz CT molecular complexity index is 627. The molecule has 1 aromatic carbocycles. The molecule has 0 aliphatic carbocycles. The Morgan fingerprint density at radius 1 is 1.25 bits per heavy atom. The van der Waals surface area contributed by atoms with Crippen molar-refractivity contribution in [1.82, 2.24) is 9.62 Å². The fourth-order valence-corrected chi connectivity index (χ4v) is 5.60. The summed E-state index contributed by atoms with van der Waals surface area (Å²) >= 11 is 0. The smallest absolute Gasteiger partial charge is 0.243 e. The molecule has 0 radical (unpaired) electrons. The van der Waals surface area contributed by atoms with E-state index in [0.717, 1.165) is 24.2 Å². The molecule has 1 aromatic rings. The van der Waals surface area contributed by atoms with Gasteiger partial charge in [-0.15, -0.1) is 0 Å². The van der Waals surface area contributed by atoms with Crippen LogP contribution in [0.5, 0.6) is 0 Å². The molecule has 3 unspecified atom stereocenters. The molecule has 0 spiro atoms. The highest BCUT2D eigenvalue weighted by molar-refractivity contribution is 7.89. The first-order valence-electron chi connectivity index (χ1n) is 7.21. The highest BCUT2D eigenvalue weighted by atomic mass is 32.2. The van der Waals surface area contributed by atoms with Crippen molar-refractivity contribution in [2.24, 2.45) is 11.8 Å². The molecule has 2 aliphatic heterocycles. The van der Waals surface area contributed by atoms with Crippen LogP contribution in [0.3, 0.4) is 0 Å². The molecule has 3 atom stereocenters. The maximum absolute atomic E-state index is 13.0. The normalized spacial score (nSPS) is 30.6. The standard InChI is InChI=1S/C15H22N2O2S/c1-10-4-5-11(2)15(6-10)20(18,19)17-9-13-7-16-8-14(13)12(17)3/h4-6,12-14,16H,7-9H2,1-3H3. The summed E-state index contributed by atoms with van der Waals surface area (Å²) in [7, 11) is -3.38. The van der Waals surface area contributed by atoms with Gasteiger partial charge >= 0.3 is 0 Å². The Hall–Kier alpha value is -0.910. The summed E-state index contributed by atoms with van der Waals surface area (Å²) in [6, 6.07) is 5.73. The number of sulfonamides is 1. The second kappa shape index (κ2) is 4.83. The molecular weight excluding hydrogens is 272 g/mol. The molecule has 0 bridgehead atoms. The highest BCUT2D eigenvalue weighted by Crippen LogP contribution is 2.36. The summed E-state index contributed by atoms with van der Waals surface area (Å²) in [5.74, 6) is 0.916. The van der Waals surface area contributed by atoms with Gasteiger partial charge in [0.25, 0.3) is 0 Å². The van der Waals surface area contributed by atoms with Gasteiger partial charge in [-0.25, -0.2) is 8.42 Å². The fourth-order valence-electron chi connectivity index (χ4n) is 3.56. The van der Waals surface area contributed by atoms with Crippen molar-refractivity contribution in [3.8, 4) is 0 Å². The molecule has 110 valence electrons. The van der Waals surface area contributed by atoms with Gasteiger partial charge < -0.3 is 5.32 Å². The lowest BCUT2D eigenvalue weighted by Gasteiger charge is -2.24. The molecule has 2 saturated heterocycles. The van der Waals surface area contributed by atoms with Gasteiger partial charge in [-0.3, -0.25) is 0 Å². The summed E-state index contributed by atoms with van der Waals surface area (Å²) in [5.41, 5.74) is 1.82. The van der Waals surface area contributed by atoms with E-state index in [1.165, 1.54) is 0 Å². The lowest BCUT2D eigenvalue weighted by molar-refractivity contribution is 0.360. The molecule has 2 aliphatic rings. The molecule has 1 N–H and O–H groups in total. The molecule has 0 amide bonds. The van der Waals surface area contributed by atoms with Gasteiger partial charge in [-0.2, -0.15) is 4.31 Å². The molecule has 0 aromatic heterocycles. The van der Waals surface area contributed by atoms with E-state index in [-0.39, 0.29) is 6.04 Å². The van der Waals surface area contributed by atoms with Crippen molar-refractivity contribution in [3.63, 3.8) is 0 Å². The van der Waals surface area contributed by atoms with Crippen molar-refractivity contribution in [2.45, 2.75) is 31.7 Å². The third kappa shape index (κ3) is 2.08. The minimum atomic E-state index is -3.38. The van der Waals surface area contributed by atoms with E-state index in [1.54, 1.807) is 10.4 Å². The quantitative estimate of drug-likeness (QED) is 0.900. The monoisotopic (exact) mass is 294 g/mol. The first-order valence-corrected chi connectivity index (χ1v) is 8.65. The number of rotatable bonds is 2. The van der Waals surface area contributed by atoms with Crippen molar-refractivity contribution in [3.05, 3.63) is 29.3 Å². The first kappa shape index (κ1) is 14.0. The van der Waals surface area contributed by atoms with Crippen LogP contribution >= 0.6 is 0 Å². The Morgan fingerprint density at radius 2 is 2.00 bits per heavy atom. The lowest BCUT2D eigenvalue weighted by atomic mass is 9.95. The number of nitrogens with zero attached hydrogens (tertiary/aromatic N) is 1. The van der Waals surface area contributed by atoms with Gasteiger partial charge in [0.05, 0.1) is 4.90 Å². The number of hydrogen-bond donors (Lipinski definition) is 1. The van der Waals surface area contributed by atoms with Crippen molar-refractivity contribution in [2.75, 3.05) is 19.6 Å². The molecule has 2 fully saturated rings. The van der Waals surface area contributed by atoms with Crippen molar-refractivity contribution < 1.29 is 8.42 Å². The molecule has 20 heavy (non-hydrogen) atoms. The third-order valence-electron chi connectivity index (χ3n) is 4.81.